The fourth-order valence-corrected chi connectivity index (χ4v) is 2.13. The Hall–Kier alpha value is -1.20. The fraction of sp³-hybridized carbons (Fsp3) is 0.308. The molecule has 1 N–H and O–H groups in total. The van der Waals surface area contributed by atoms with E-state index in [1.165, 1.54) is 6.07 Å². The third kappa shape index (κ3) is 3.40. The quantitative estimate of drug-likeness (QED) is 0.920. The number of hydrogen-bond acceptors (Lipinski definition) is 2. The number of nitrogens with one attached hydrogen (secondary N) is 1. The van der Waals surface area contributed by atoms with Crippen LogP contribution in [0.25, 0.3) is 0 Å². The van der Waals surface area contributed by atoms with Crippen molar-refractivity contribution < 1.29 is 4.39 Å². The molecule has 0 spiro atoms. The number of aromatic nitrogens is 2. The lowest BCUT2D eigenvalue weighted by molar-refractivity contribution is 0.449. The Bertz CT molecular complexity index is 499. The zero-order chi connectivity index (χ0) is 13.0. The molecule has 1 heterocycles. The van der Waals surface area contributed by atoms with Crippen LogP contribution in [0.5, 0.6) is 0 Å². The number of rotatable bonds is 5. The van der Waals surface area contributed by atoms with Gasteiger partial charge in [-0.05, 0) is 40.5 Å². The van der Waals surface area contributed by atoms with Crippen LogP contribution in [0.2, 0.25) is 0 Å². The van der Waals surface area contributed by atoms with E-state index in [1.807, 2.05) is 23.0 Å². The molecule has 1 atom stereocenters. The van der Waals surface area contributed by atoms with Crippen molar-refractivity contribution in [3.63, 3.8) is 0 Å². The van der Waals surface area contributed by atoms with E-state index in [2.05, 4.69) is 33.3 Å². The molecule has 1 unspecified atom stereocenters. The van der Waals surface area contributed by atoms with Crippen molar-refractivity contribution in [3.05, 3.63) is 52.5 Å². The summed E-state index contributed by atoms with van der Waals surface area (Å²) in [7, 11) is 0. The highest BCUT2D eigenvalue weighted by atomic mass is 79.9. The molecule has 0 fully saturated rings. The monoisotopic (exact) mass is 311 g/mol. The van der Waals surface area contributed by atoms with Gasteiger partial charge in [0.2, 0.25) is 0 Å². The zero-order valence-electron chi connectivity index (χ0n) is 10.1. The van der Waals surface area contributed by atoms with Crippen LogP contribution in [0.15, 0.2) is 41.1 Å². The second-order valence-electron chi connectivity index (χ2n) is 4.22. The maximum Gasteiger partial charge on any atom is 0.137 e. The topological polar surface area (TPSA) is 29.9 Å². The molecule has 0 aliphatic rings. The Morgan fingerprint density at radius 1 is 1.44 bits per heavy atom. The summed E-state index contributed by atoms with van der Waals surface area (Å²) in [6.45, 7) is 3.50. The van der Waals surface area contributed by atoms with Crippen molar-refractivity contribution in [2.75, 3.05) is 0 Å². The highest BCUT2D eigenvalue weighted by Gasteiger charge is 2.07. The number of benzene rings is 1. The summed E-state index contributed by atoms with van der Waals surface area (Å²) in [6, 6.07) is 7.23. The van der Waals surface area contributed by atoms with E-state index in [1.54, 1.807) is 12.3 Å². The van der Waals surface area contributed by atoms with Crippen LogP contribution >= 0.6 is 15.9 Å². The van der Waals surface area contributed by atoms with Gasteiger partial charge in [0.25, 0.3) is 0 Å². The molecule has 0 radical (unpaired) electrons. The summed E-state index contributed by atoms with van der Waals surface area (Å²) in [5.74, 6) is -0.228. The summed E-state index contributed by atoms with van der Waals surface area (Å²) in [5, 5.41) is 7.50. The lowest BCUT2D eigenvalue weighted by Gasteiger charge is -2.14. The molecule has 0 saturated heterocycles. The van der Waals surface area contributed by atoms with E-state index in [4.69, 9.17) is 0 Å². The molecule has 0 bridgehead atoms. The predicted octanol–water partition coefficient (Wildman–Crippen LogP) is 2.96. The molecule has 0 aliphatic carbocycles. The summed E-state index contributed by atoms with van der Waals surface area (Å²) in [6.07, 6.45) is 3.69. The van der Waals surface area contributed by atoms with Gasteiger partial charge in [0.1, 0.15) is 5.82 Å². The van der Waals surface area contributed by atoms with E-state index in [-0.39, 0.29) is 11.9 Å². The van der Waals surface area contributed by atoms with E-state index in [0.717, 1.165) is 12.1 Å². The van der Waals surface area contributed by atoms with Crippen LogP contribution in [0.4, 0.5) is 4.39 Å². The smallest absolute Gasteiger partial charge is 0.137 e. The number of nitrogens with zero attached hydrogens (tertiary/aromatic N) is 2. The van der Waals surface area contributed by atoms with Gasteiger partial charge in [-0.15, -0.1) is 0 Å². The minimum Gasteiger partial charge on any atom is -0.308 e. The Labute approximate surface area is 114 Å². The van der Waals surface area contributed by atoms with Gasteiger partial charge in [0, 0.05) is 25.0 Å². The average molecular weight is 312 g/mol. The minimum atomic E-state index is -0.228. The Balaban J connectivity index is 1.89. The second-order valence-corrected chi connectivity index (χ2v) is 5.02. The molecule has 3 nitrogen and oxygen atoms in total. The first-order chi connectivity index (χ1) is 8.66. The molecule has 2 aromatic rings. The highest BCUT2D eigenvalue weighted by molar-refractivity contribution is 9.10. The van der Waals surface area contributed by atoms with E-state index in [0.29, 0.717) is 11.0 Å². The maximum absolute atomic E-state index is 13.3. The molecule has 0 aliphatic heterocycles. The highest BCUT2D eigenvalue weighted by Crippen LogP contribution is 2.20. The van der Waals surface area contributed by atoms with Gasteiger partial charge in [-0.2, -0.15) is 5.10 Å². The van der Waals surface area contributed by atoms with Gasteiger partial charge >= 0.3 is 0 Å². The predicted molar refractivity (Wildman–Crippen MR) is 72.6 cm³/mol. The Morgan fingerprint density at radius 2 is 2.28 bits per heavy atom. The average Bonchev–Trinajstić information content (AvgIpc) is 2.84. The number of halogens is 2. The first-order valence-electron chi connectivity index (χ1n) is 5.80. The molecule has 1 aromatic carbocycles. The van der Waals surface area contributed by atoms with Crippen molar-refractivity contribution in [2.45, 2.75) is 26.1 Å². The first-order valence-corrected chi connectivity index (χ1v) is 6.60. The summed E-state index contributed by atoms with van der Waals surface area (Å²) in [5.41, 5.74) is 0.919. The third-order valence-electron chi connectivity index (χ3n) is 2.69. The largest absolute Gasteiger partial charge is 0.308 e. The standard InChI is InChI=1S/C13H15BrFN3/c1-10(9-18-7-3-6-17-18)16-8-11-4-2-5-12(15)13(11)14/h2-7,10,16H,8-9H2,1H3. The van der Waals surface area contributed by atoms with Gasteiger partial charge in [0.05, 0.1) is 11.0 Å². The van der Waals surface area contributed by atoms with Crippen LogP contribution in [-0.2, 0) is 13.1 Å². The lowest BCUT2D eigenvalue weighted by atomic mass is 10.2. The van der Waals surface area contributed by atoms with Gasteiger partial charge in [-0.25, -0.2) is 4.39 Å². The molecule has 1 aromatic heterocycles. The van der Waals surface area contributed by atoms with Crippen LogP contribution in [0, 0.1) is 5.82 Å². The third-order valence-corrected chi connectivity index (χ3v) is 3.58. The van der Waals surface area contributed by atoms with Crippen molar-refractivity contribution in [1.29, 1.82) is 0 Å². The molecule has 0 saturated carbocycles. The minimum absolute atomic E-state index is 0.228. The Morgan fingerprint density at radius 3 is 3.00 bits per heavy atom. The normalized spacial score (nSPS) is 12.6. The molecule has 0 amide bonds. The van der Waals surface area contributed by atoms with E-state index in [9.17, 15) is 4.39 Å². The SMILES string of the molecule is CC(Cn1cccn1)NCc1cccc(F)c1Br. The first kappa shape index (κ1) is 13.2. The Kier molecular flexibility index (Phi) is 4.49. The van der Waals surface area contributed by atoms with Crippen molar-refractivity contribution in [1.82, 2.24) is 15.1 Å². The van der Waals surface area contributed by atoms with Gasteiger partial charge < -0.3 is 5.32 Å². The van der Waals surface area contributed by atoms with Crippen molar-refractivity contribution >= 4 is 15.9 Å². The second kappa shape index (κ2) is 6.11. The zero-order valence-corrected chi connectivity index (χ0v) is 11.7. The lowest BCUT2D eigenvalue weighted by Crippen LogP contribution is -2.30. The molecule has 5 heteroatoms. The van der Waals surface area contributed by atoms with Gasteiger partial charge in [-0.3, -0.25) is 4.68 Å². The van der Waals surface area contributed by atoms with Gasteiger partial charge in [0.15, 0.2) is 0 Å². The number of hydrogen-bond donors (Lipinski definition) is 1. The van der Waals surface area contributed by atoms with Crippen LogP contribution < -0.4 is 5.32 Å². The molecule has 96 valence electrons. The molecule has 2 rings (SSSR count). The van der Waals surface area contributed by atoms with Gasteiger partial charge in [-0.1, -0.05) is 12.1 Å². The van der Waals surface area contributed by atoms with Crippen LogP contribution in [0.3, 0.4) is 0 Å². The fourth-order valence-electron chi connectivity index (χ4n) is 1.72. The molecular formula is C13H15BrFN3. The van der Waals surface area contributed by atoms with Crippen molar-refractivity contribution in [3.8, 4) is 0 Å². The summed E-state index contributed by atoms with van der Waals surface area (Å²) < 4.78 is 15.7. The van der Waals surface area contributed by atoms with E-state index >= 15 is 0 Å². The van der Waals surface area contributed by atoms with Crippen LogP contribution in [-0.4, -0.2) is 15.8 Å². The van der Waals surface area contributed by atoms with Crippen LogP contribution in [0.1, 0.15) is 12.5 Å². The maximum atomic E-state index is 13.3. The molecule has 18 heavy (non-hydrogen) atoms. The van der Waals surface area contributed by atoms with Crippen molar-refractivity contribution in [2.24, 2.45) is 0 Å². The van der Waals surface area contributed by atoms with E-state index < -0.39 is 0 Å². The summed E-state index contributed by atoms with van der Waals surface area (Å²) >= 11 is 3.26. The summed E-state index contributed by atoms with van der Waals surface area (Å²) in [4.78, 5) is 0. The molecular weight excluding hydrogens is 297 g/mol.